The zero-order chi connectivity index (χ0) is 11.5. The van der Waals surface area contributed by atoms with Crippen molar-refractivity contribution in [2.45, 2.75) is 4.90 Å². The Morgan fingerprint density at radius 2 is 1.87 bits per heavy atom. The van der Waals surface area contributed by atoms with Crippen LogP contribution in [0.5, 0.6) is 0 Å². The van der Waals surface area contributed by atoms with Gasteiger partial charge in [-0.05, 0) is 36.5 Å². The van der Waals surface area contributed by atoms with E-state index >= 15 is 0 Å². The molecular weight excluding hydrogens is 236 g/mol. The number of nitrogens with one attached hydrogen (secondary N) is 2. The molecule has 0 aliphatic carbocycles. The van der Waals surface area contributed by atoms with Crippen molar-refractivity contribution < 1.29 is 13.0 Å². The summed E-state index contributed by atoms with van der Waals surface area (Å²) in [6.07, 6.45) is 0. The third kappa shape index (κ3) is 3.46. The molecule has 0 radical (unpaired) electrons. The van der Waals surface area contributed by atoms with Crippen LogP contribution in [0.3, 0.4) is 0 Å². The minimum atomic E-state index is -4.13. The third-order valence-corrected chi connectivity index (χ3v) is 2.81. The molecule has 0 aliphatic rings. The normalized spacial score (nSPS) is 10.8. The lowest BCUT2D eigenvalue weighted by Gasteiger charge is -2.06. The van der Waals surface area contributed by atoms with Crippen molar-refractivity contribution in [3.63, 3.8) is 0 Å². The molecule has 1 rings (SSSR count). The lowest BCUT2D eigenvalue weighted by molar-refractivity contribution is 0.483. The SMILES string of the molecule is CNC(=S)Nc1ccc(S(=O)(=O)O)cc1. The van der Waals surface area contributed by atoms with Crippen LogP contribution in [0.25, 0.3) is 0 Å². The van der Waals surface area contributed by atoms with Gasteiger partial charge in [-0.3, -0.25) is 4.55 Å². The molecule has 0 amide bonds. The molecule has 0 heterocycles. The van der Waals surface area contributed by atoms with Gasteiger partial charge >= 0.3 is 0 Å². The van der Waals surface area contributed by atoms with E-state index in [1.54, 1.807) is 7.05 Å². The van der Waals surface area contributed by atoms with Crippen molar-refractivity contribution in [3.8, 4) is 0 Å². The maximum absolute atomic E-state index is 10.7. The van der Waals surface area contributed by atoms with Crippen LogP contribution in [0, 0.1) is 0 Å². The van der Waals surface area contributed by atoms with Crippen LogP contribution in [0.15, 0.2) is 29.2 Å². The second-order valence-electron chi connectivity index (χ2n) is 2.70. The average Bonchev–Trinajstić information content (AvgIpc) is 2.17. The molecule has 0 spiro atoms. The number of hydrogen-bond acceptors (Lipinski definition) is 3. The lowest BCUT2D eigenvalue weighted by Crippen LogP contribution is -2.24. The highest BCUT2D eigenvalue weighted by Crippen LogP contribution is 2.13. The molecule has 0 saturated carbocycles. The Hall–Kier alpha value is -1.18. The quantitative estimate of drug-likeness (QED) is 0.530. The maximum atomic E-state index is 10.7. The predicted molar refractivity (Wildman–Crippen MR) is 61.5 cm³/mol. The van der Waals surface area contributed by atoms with E-state index in [2.05, 4.69) is 10.6 Å². The Kier molecular flexibility index (Phi) is 3.61. The Labute approximate surface area is 93.2 Å². The van der Waals surface area contributed by atoms with E-state index in [0.717, 1.165) is 0 Å². The molecule has 0 aliphatic heterocycles. The van der Waals surface area contributed by atoms with Gasteiger partial charge in [-0.25, -0.2) is 0 Å². The number of benzene rings is 1. The first kappa shape index (κ1) is 11.9. The van der Waals surface area contributed by atoms with Gasteiger partial charge in [0, 0.05) is 12.7 Å². The minimum absolute atomic E-state index is 0.150. The highest BCUT2D eigenvalue weighted by Gasteiger charge is 2.08. The zero-order valence-corrected chi connectivity index (χ0v) is 9.52. The second-order valence-corrected chi connectivity index (χ2v) is 4.53. The van der Waals surface area contributed by atoms with E-state index in [9.17, 15) is 8.42 Å². The maximum Gasteiger partial charge on any atom is 0.294 e. The summed E-state index contributed by atoms with van der Waals surface area (Å²) in [5.74, 6) is 0. The summed E-state index contributed by atoms with van der Waals surface area (Å²) >= 11 is 4.85. The van der Waals surface area contributed by atoms with E-state index in [-0.39, 0.29) is 4.90 Å². The molecule has 0 fully saturated rings. The Bertz CT molecular complexity index is 453. The van der Waals surface area contributed by atoms with Gasteiger partial charge in [0.25, 0.3) is 10.1 Å². The summed E-state index contributed by atoms with van der Waals surface area (Å²) in [6, 6.07) is 5.59. The number of rotatable bonds is 2. The summed E-state index contributed by atoms with van der Waals surface area (Å²) in [5, 5.41) is 5.95. The van der Waals surface area contributed by atoms with Crippen molar-refractivity contribution in [2.24, 2.45) is 0 Å². The van der Waals surface area contributed by atoms with Gasteiger partial charge in [0.15, 0.2) is 5.11 Å². The van der Waals surface area contributed by atoms with E-state index in [1.165, 1.54) is 24.3 Å². The first-order valence-electron chi connectivity index (χ1n) is 4.00. The van der Waals surface area contributed by atoms with Crippen molar-refractivity contribution in [1.82, 2.24) is 5.32 Å². The van der Waals surface area contributed by atoms with Crippen molar-refractivity contribution in [3.05, 3.63) is 24.3 Å². The van der Waals surface area contributed by atoms with Crippen molar-refractivity contribution >= 4 is 33.1 Å². The topological polar surface area (TPSA) is 78.4 Å². The van der Waals surface area contributed by atoms with Crippen LogP contribution >= 0.6 is 12.2 Å². The van der Waals surface area contributed by atoms with Crippen molar-refractivity contribution in [1.29, 1.82) is 0 Å². The Morgan fingerprint density at radius 1 is 1.33 bits per heavy atom. The Balaban J connectivity index is 2.86. The molecule has 82 valence electrons. The summed E-state index contributed by atoms with van der Waals surface area (Å²) < 4.78 is 30.2. The van der Waals surface area contributed by atoms with Crippen molar-refractivity contribution in [2.75, 3.05) is 12.4 Å². The number of hydrogen-bond donors (Lipinski definition) is 3. The molecule has 7 heteroatoms. The molecule has 5 nitrogen and oxygen atoms in total. The molecule has 1 aromatic carbocycles. The van der Waals surface area contributed by atoms with Crippen LogP contribution in [-0.2, 0) is 10.1 Å². The van der Waals surface area contributed by atoms with Crippen LogP contribution < -0.4 is 10.6 Å². The first-order chi connectivity index (χ1) is 6.93. The Morgan fingerprint density at radius 3 is 2.27 bits per heavy atom. The monoisotopic (exact) mass is 246 g/mol. The average molecular weight is 246 g/mol. The molecule has 3 N–H and O–H groups in total. The fourth-order valence-electron chi connectivity index (χ4n) is 0.904. The molecule has 0 saturated heterocycles. The van der Waals surface area contributed by atoms with Gasteiger partial charge in [-0.2, -0.15) is 8.42 Å². The highest BCUT2D eigenvalue weighted by atomic mass is 32.2. The summed E-state index contributed by atoms with van der Waals surface area (Å²) in [7, 11) is -2.46. The highest BCUT2D eigenvalue weighted by molar-refractivity contribution is 7.85. The van der Waals surface area contributed by atoms with Gasteiger partial charge in [0.05, 0.1) is 4.90 Å². The molecule has 0 aromatic heterocycles. The fraction of sp³-hybridized carbons (Fsp3) is 0.125. The van der Waals surface area contributed by atoms with Gasteiger partial charge < -0.3 is 10.6 Å². The molecular formula is C8H10N2O3S2. The summed E-state index contributed by atoms with van der Waals surface area (Å²) in [4.78, 5) is -0.150. The van der Waals surface area contributed by atoms with E-state index < -0.39 is 10.1 Å². The van der Waals surface area contributed by atoms with E-state index in [0.29, 0.717) is 10.8 Å². The number of thiocarbonyl (C=S) groups is 1. The zero-order valence-electron chi connectivity index (χ0n) is 7.89. The van der Waals surface area contributed by atoms with Gasteiger partial charge in [-0.15, -0.1) is 0 Å². The lowest BCUT2D eigenvalue weighted by atomic mass is 10.3. The van der Waals surface area contributed by atoms with E-state index in [1.807, 2.05) is 0 Å². The molecule has 1 aromatic rings. The van der Waals surface area contributed by atoms with Gasteiger partial charge in [0.2, 0.25) is 0 Å². The largest absolute Gasteiger partial charge is 0.366 e. The van der Waals surface area contributed by atoms with Crippen LogP contribution in [0.1, 0.15) is 0 Å². The molecule has 0 unspecified atom stereocenters. The summed E-state index contributed by atoms with van der Waals surface area (Å²) in [5.41, 5.74) is 0.641. The third-order valence-electron chi connectivity index (χ3n) is 1.64. The molecule has 0 bridgehead atoms. The second kappa shape index (κ2) is 4.56. The van der Waals surface area contributed by atoms with Crippen LogP contribution in [-0.4, -0.2) is 25.1 Å². The molecule has 0 atom stereocenters. The minimum Gasteiger partial charge on any atom is -0.366 e. The standard InChI is InChI=1S/C8H10N2O3S2/c1-9-8(14)10-6-2-4-7(5-3-6)15(11,12)13/h2-5H,1H3,(H2,9,10,14)(H,11,12,13). The smallest absolute Gasteiger partial charge is 0.294 e. The summed E-state index contributed by atoms with van der Waals surface area (Å²) in [6.45, 7) is 0. The fourth-order valence-corrected chi connectivity index (χ4v) is 1.50. The van der Waals surface area contributed by atoms with Gasteiger partial charge in [0.1, 0.15) is 0 Å². The first-order valence-corrected chi connectivity index (χ1v) is 5.84. The van der Waals surface area contributed by atoms with Gasteiger partial charge in [-0.1, -0.05) is 0 Å². The predicted octanol–water partition coefficient (Wildman–Crippen LogP) is 0.849. The van der Waals surface area contributed by atoms with Crippen LogP contribution in [0.4, 0.5) is 5.69 Å². The molecule has 15 heavy (non-hydrogen) atoms. The van der Waals surface area contributed by atoms with Crippen LogP contribution in [0.2, 0.25) is 0 Å². The number of anilines is 1. The van der Waals surface area contributed by atoms with E-state index in [4.69, 9.17) is 16.8 Å².